The summed E-state index contributed by atoms with van der Waals surface area (Å²) in [5.74, 6) is -1.07. The van der Waals surface area contributed by atoms with Gasteiger partial charge < -0.3 is 14.5 Å². The average Bonchev–Trinajstić information content (AvgIpc) is 3.30. The molecular formula is C25H29FN2O3. The number of halogens is 1. The van der Waals surface area contributed by atoms with Crippen LogP contribution in [0.5, 0.6) is 0 Å². The summed E-state index contributed by atoms with van der Waals surface area (Å²) in [6.45, 7) is 4.24. The minimum atomic E-state index is -0.994. The smallest absolute Gasteiger partial charge is 0.317 e. The van der Waals surface area contributed by atoms with Crippen LogP contribution in [-0.4, -0.2) is 49.1 Å². The molecule has 0 unspecified atom stereocenters. The molecule has 0 radical (unpaired) electrons. The Bertz CT molecular complexity index is 919. The highest BCUT2D eigenvalue weighted by atomic mass is 19.1. The molecule has 0 spiro atoms. The number of anilines is 1. The molecule has 2 aliphatic rings. The number of nitrogens with zero attached hydrogens (tertiary/aromatic N) is 2. The number of hydrogen-bond donors (Lipinski definition) is 0. The number of amides is 1. The first-order chi connectivity index (χ1) is 15.0. The van der Waals surface area contributed by atoms with E-state index >= 15 is 0 Å². The number of ether oxygens (including phenoxy) is 1. The minimum Gasteiger partial charge on any atom is -0.452 e. The van der Waals surface area contributed by atoms with Crippen LogP contribution in [0.15, 0.2) is 54.6 Å². The second-order valence-electron chi connectivity index (χ2n) is 8.46. The lowest BCUT2D eigenvalue weighted by molar-refractivity contribution is -0.164. The Morgan fingerprint density at radius 1 is 0.935 bits per heavy atom. The van der Waals surface area contributed by atoms with Gasteiger partial charge in [0.2, 0.25) is 0 Å². The van der Waals surface area contributed by atoms with Crippen molar-refractivity contribution in [2.75, 3.05) is 31.1 Å². The van der Waals surface area contributed by atoms with E-state index in [4.69, 9.17) is 4.74 Å². The van der Waals surface area contributed by atoms with Gasteiger partial charge in [0.05, 0.1) is 5.41 Å². The molecule has 5 nitrogen and oxygen atoms in total. The van der Waals surface area contributed by atoms with Gasteiger partial charge in [0.25, 0.3) is 5.91 Å². The molecule has 0 N–H and O–H groups in total. The Morgan fingerprint density at radius 3 is 2.19 bits per heavy atom. The molecule has 1 saturated heterocycles. The fraction of sp³-hybridized carbons (Fsp3) is 0.440. The number of piperazine rings is 1. The van der Waals surface area contributed by atoms with E-state index in [-0.39, 0.29) is 5.91 Å². The Balaban J connectivity index is 1.39. The predicted octanol–water partition coefficient (Wildman–Crippen LogP) is 3.92. The summed E-state index contributed by atoms with van der Waals surface area (Å²) in [4.78, 5) is 30.1. The predicted molar refractivity (Wildman–Crippen MR) is 117 cm³/mol. The zero-order chi connectivity index (χ0) is 21.8. The lowest BCUT2D eigenvalue weighted by Gasteiger charge is -2.37. The average molecular weight is 425 g/mol. The molecule has 2 aromatic carbocycles. The highest BCUT2D eigenvalue weighted by molar-refractivity contribution is 5.88. The van der Waals surface area contributed by atoms with Gasteiger partial charge in [0.15, 0.2) is 6.10 Å². The normalized spacial score (nSPS) is 19.2. The zero-order valence-electron chi connectivity index (χ0n) is 17.9. The third-order valence-corrected chi connectivity index (χ3v) is 6.58. The summed E-state index contributed by atoms with van der Waals surface area (Å²) in [5.41, 5.74) is 0.530. The SMILES string of the molecule is C[C@H](OC(=O)C1(c2ccccc2F)CCCC1)C(=O)N1CCN(c2ccccc2)CC1. The topological polar surface area (TPSA) is 49.9 Å². The Hall–Kier alpha value is -2.89. The lowest BCUT2D eigenvalue weighted by atomic mass is 9.78. The fourth-order valence-corrected chi connectivity index (χ4v) is 4.82. The summed E-state index contributed by atoms with van der Waals surface area (Å²) in [5, 5.41) is 0. The highest BCUT2D eigenvalue weighted by Gasteiger charge is 2.47. The Kier molecular flexibility index (Phi) is 6.25. The van der Waals surface area contributed by atoms with E-state index in [1.54, 1.807) is 30.0 Å². The first-order valence-electron chi connectivity index (χ1n) is 11.1. The summed E-state index contributed by atoms with van der Waals surface area (Å²) < 4.78 is 20.2. The molecule has 6 heteroatoms. The summed E-state index contributed by atoms with van der Waals surface area (Å²) in [7, 11) is 0. The van der Waals surface area contributed by atoms with Crippen molar-refractivity contribution in [3.63, 3.8) is 0 Å². The molecule has 1 aliphatic heterocycles. The number of rotatable bonds is 5. The molecule has 1 heterocycles. The standard InChI is InChI=1S/C25H29FN2O3/c1-19(23(29)28-17-15-27(16-18-28)20-9-3-2-4-10-20)31-24(30)25(13-7-8-14-25)21-11-5-6-12-22(21)26/h2-6,9-12,19H,7-8,13-18H2,1H3/t19-/m0/s1. The number of hydrogen-bond acceptors (Lipinski definition) is 4. The number of carbonyl (C=O) groups is 2. The third-order valence-electron chi connectivity index (χ3n) is 6.58. The van der Waals surface area contributed by atoms with Gasteiger partial charge in [0, 0.05) is 37.4 Å². The molecule has 1 saturated carbocycles. The number of para-hydroxylation sites is 1. The van der Waals surface area contributed by atoms with Crippen LogP contribution >= 0.6 is 0 Å². The van der Waals surface area contributed by atoms with Crippen LogP contribution in [0.1, 0.15) is 38.2 Å². The van der Waals surface area contributed by atoms with E-state index in [2.05, 4.69) is 17.0 Å². The minimum absolute atomic E-state index is 0.192. The van der Waals surface area contributed by atoms with E-state index < -0.39 is 23.3 Å². The molecular weight excluding hydrogens is 395 g/mol. The van der Waals surface area contributed by atoms with E-state index in [0.29, 0.717) is 31.5 Å². The van der Waals surface area contributed by atoms with Crippen LogP contribution < -0.4 is 4.90 Å². The van der Waals surface area contributed by atoms with Gasteiger partial charge in [-0.2, -0.15) is 0 Å². The van der Waals surface area contributed by atoms with Crippen LogP contribution in [0.4, 0.5) is 10.1 Å². The first kappa shape index (κ1) is 21.3. The van der Waals surface area contributed by atoms with Crippen LogP contribution in [0.2, 0.25) is 0 Å². The zero-order valence-corrected chi connectivity index (χ0v) is 17.9. The van der Waals surface area contributed by atoms with Crippen molar-refractivity contribution in [2.24, 2.45) is 0 Å². The summed E-state index contributed by atoms with van der Waals surface area (Å²) in [6.07, 6.45) is 1.88. The number of benzene rings is 2. The van der Waals surface area contributed by atoms with Crippen molar-refractivity contribution in [1.29, 1.82) is 0 Å². The number of esters is 1. The molecule has 1 amide bonds. The lowest BCUT2D eigenvalue weighted by Crippen LogP contribution is -2.52. The highest BCUT2D eigenvalue weighted by Crippen LogP contribution is 2.43. The van der Waals surface area contributed by atoms with Gasteiger partial charge >= 0.3 is 5.97 Å². The van der Waals surface area contributed by atoms with Crippen molar-refractivity contribution in [3.05, 3.63) is 66.0 Å². The molecule has 31 heavy (non-hydrogen) atoms. The first-order valence-corrected chi connectivity index (χ1v) is 11.1. The van der Waals surface area contributed by atoms with E-state index in [0.717, 1.165) is 31.6 Å². The van der Waals surface area contributed by atoms with Crippen molar-refractivity contribution < 1.29 is 18.7 Å². The van der Waals surface area contributed by atoms with Crippen LogP contribution in [0.25, 0.3) is 0 Å². The second kappa shape index (κ2) is 9.08. The van der Waals surface area contributed by atoms with Gasteiger partial charge in [-0.25, -0.2) is 4.39 Å². The van der Waals surface area contributed by atoms with Gasteiger partial charge in [-0.15, -0.1) is 0 Å². The fourth-order valence-electron chi connectivity index (χ4n) is 4.82. The van der Waals surface area contributed by atoms with Gasteiger partial charge in [-0.1, -0.05) is 49.2 Å². The molecule has 1 aliphatic carbocycles. The third kappa shape index (κ3) is 4.29. The van der Waals surface area contributed by atoms with Crippen LogP contribution in [0, 0.1) is 5.82 Å². The summed E-state index contributed by atoms with van der Waals surface area (Å²) >= 11 is 0. The molecule has 1 atom stereocenters. The van der Waals surface area contributed by atoms with Crippen molar-refractivity contribution >= 4 is 17.6 Å². The van der Waals surface area contributed by atoms with Gasteiger partial charge in [-0.05, 0) is 38.0 Å². The van der Waals surface area contributed by atoms with Crippen molar-refractivity contribution in [3.8, 4) is 0 Å². The van der Waals surface area contributed by atoms with Gasteiger partial charge in [0.1, 0.15) is 5.82 Å². The maximum atomic E-state index is 14.5. The summed E-state index contributed by atoms with van der Waals surface area (Å²) in [6, 6.07) is 16.5. The number of carbonyl (C=O) groups excluding carboxylic acids is 2. The monoisotopic (exact) mass is 424 g/mol. The van der Waals surface area contributed by atoms with Crippen molar-refractivity contribution in [2.45, 2.75) is 44.1 Å². The van der Waals surface area contributed by atoms with E-state index in [1.165, 1.54) is 6.07 Å². The molecule has 0 aromatic heterocycles. The van der Waals surface area contributed by atoms with Crippen molar-refractivity contribution in [1.82, 2.24) is 4.90 Å². The van der Waals surface area contributed by atoms with Crippen LogP contribution in [-0.2, 0) is 19.7 Å². The quantitative estimate of drug-likeness (QED) is 0.683. The molecule has 164 valence electrons. The Labute approximate surface area is 182 Å². The maximum absolute atomic E-state index is 14.5. The van der Waals surface area contributed by atoms with Crippen LogP contribution in [0.3, 0.4) is 0 Å². The largest absolute Gasteiger partial charge is 0.452 e. The van der Waals surface area contributed by atoms with E-state index in [9.17, 15) is 14.0 Å². The molecule has 2 fully saturated rings. The molecule has 4 rings (SSSR count). The molecule has 0 bridgehead atoms. The Morgan fingerprint density at radius 2 is 1.55 bits per heavy atom. The molecule has 2 aromatic rings. The maximum Gasteiger partial charge on any atom is 0.317 e. The van der Waals surface area contributed by atoms with Gasteiger partial charge in [-0.3, -0.25) is 9.59 Å². The van der Waals surface area contributed by atoms with E-state index in [1.807, 2.05) is 18.2 Å². The second-order valence-corrected chi connectivity index (χ2v) is 8.46.